The van der Waals surface area contributed by atoms with E-state index in [1.807, 2.05) is 66.7 Å². The van der Waals surface area contributed by atoms with Crippen LogP contribution in [0.5, 0.6) is 0 Å². The molecule has 0 fully saturated rings. The number of aliphatic hydroxyl groups is 1. The molecule has 0 saturated heterocycles. The van der Waals surface area contributed by atoms with Gasteiger partial charge in [-0.15, -0.1) is 13.2 Å². The zero-order chi connectivity index (χ0) is 33.1. The van der Waals surface area contributed by atoms with Crippen LogP contribution < -0.4 is 16.0 Å². The molecule has 0 aromatic heterocycles. The van der Waals surface area contributed by atoms with Gasteiger partial charge in [0.2, 0.25) is 11.8 Å². The van der Waals surface area contributed by atoms with E-state index in [4.69, 9.17) is 14.6 Å². The zero-order valence-corrected chi connectivity index (χ0v) is 26.0. The molecular formula is C36H43N3O7. The molecule has 0 saturated carbocycles. The smallest absolute Gasteiger partial charge is 0.309 e. The minimum absolute atomic E-state index is 0.123. The van der Waals surface area contributed by atoms with Crippen molar-refractivity contribution in [2.45, 2.75) is 31.7 Å². The zero-order valence-electron chi connectivity index (χ0n) is 26.0. The lowest BCUT2D eigenvalue weighted by Gasteiger charge is -2.23. The number of carbonyl (C=O) groups is 4. The summed E-state index contributed by atoms with van der Waals surface area (Å²) in [4.78, 5) is 52.7. The van der Waals surface area contributed by atoms with Crippen LogP contribution in [-0.4, -0.2) is 67.8 Å². The molecule has 3 rings (SSSR count). The van der Waals surface area contributed by atoms with Crippen LogP contribution in [0.15, 0.2) is 98.1 Å². The van der Waals surface area contributed by atoms with Crippen molar-refractivity contribution >= 4 is 40.2 Å². The quantitative estimate of drug-likeness (QED) is 0.0842. The fraction of sp³-hybridized carbons (Fsp3) is 0.333. The standard InChI is InChI=1S/C36H43N3O7/c1-3-10-29(24-33(41)37-18-20-45-21-19-40)34(42)39-32(35(43)38-31-17-16-27-14-8-9-15-28(27)23-31)25-46-36(44)30(11-4-2)22-26-12-6-5-7-13-26/h3-9,12-17,23,29-30,32,40H,1-2,10-11,18-22,24-25H2,(H,37,41)(H,38,43)(H,39,42)/t29-,30-,32+/m1/s1. The number of hydrogen-bond donors (Lipinski definition) is 4. The Morgan fingerprint density at radius 1 is 0.826 bits per heavy atom. The molecule has 0 spiro atoms. The third-order valence-electron chi connectivity index (χ3n) is 7.21. The van der Waals surface area contributed by atoms with Crippen molar-refractivity contribution < 1.29 is 33.8 Å². The molecule has 0 radical (unpaired) electrons. The minimum atomic E-state index is -1.24. The second kappa shape index (κ2) is 19.6. The average Bonchev–Trinajstić information content (AvgIpc) is 3.06. The molecule has 10 heteroatoms. The average molecular weight is 630 g/mol. The van der Waals surface area contributed by atoms with E-state index < -0.39 is 42.3 Å². The van der Waals surface area contributed by atoms with E-state index in [9.17, 15) is 19.2 Å². The summed E-state index contributed by atoms with van der Waals surface area (Å²) in [5, 5.41) is 18.9. The Balaban J connectivity index is 1.73. The number of hydrogen-bond acceptors (Lipinski definition) is 7. The van der Waals surface area contributed by atoms with E-state index in [1.54, 1.807) is 12.1 Å². The highest BCUT2D eigenvalue weighted by molar-refractivity contribution is 5.99. The van der Waals surface area contributed by atoms with Gasteiger partial charge in [-0.05, 0) is 47.7 Å². The maximum atomic E-state index is 13.5. The molecule has 244 valence electrons. The van der Waals surface area contributed by atoms with E-state index in [2.05, 4.69) is 29.1 Å². The van der Waals surface area contributed by atoms with Crippen LogP contribution in [-0.2, 0) is 35.1 Å². The number of benzene rings is 3. The van der Waals surface area contributed by atoms with Crippen molar-refractivity contribution in [2.75, 3.05) is 38.3 Å². The molecule has 10 nitrogen and oxygen atoms in total. The van der Waals surface area contributed by atoms with E-state index in [0.717, 1.165) is 16.3 Å². The number of anilines is 1. The van der Waals surface area contributed by atoms with Crippen LogP contribution in [0, 0.1) is 11.8 Å². The van der Waals surface area contributed by atoms with E-state index in [1.165, 1.54) is 6.08 Å². The maximum absolute atomic E-state index is 13.5. The van der Waals surface area contributed by atoms with E-state index in [-0.39, 0.29) is 45.1 Å². The number of rotatable bonds is 20. The molecule has 46 heavy (non-hydrogen) atoms. The lowest BCUT2D eigenvalue weighted by molar-refractivity contribution is -0.150. The molecule has 3 amide bonds. The fourth-order valence-electron chi connectivity index (χ4n) is 4.82. The molecular weight excluding hydrogens is 586 g/mol. The van der Waals surface area contributed by atoms with Gasteiger partial charge in [0, 0.05) is 18.7 Å². The second-order valence-corrected chi connectivity index (χ2v) is 10.8. The molecule has 0 bridgehead atoms. The van der Waals surface area contributed by atoms with Crippen LogP contribution in [0.1, 0.15) is 24.8 Å². The van der Waals surface area contributed by atoms with Gasteiger partial charge in [0.25, 0.3) is 5.91 Å². The SMILES string of the molecule is C=CC[C@H](CC(=O)NCCOCCO)C(=O)N[C@@H](COC(=O)[C@H](CC=C)Cc1ccccc1)C(=O)Nc1ccc2ccccc2c1. The summed E-state index contributed by atoms with van der Waals surface area (Å²) in [6, 6.07) is 21.4. The Kier molecular flexibility index (Phi) is 15.2. The van der Waals surface area contributed by atoms with Gasteiger partial charge in [0.15, 0.2) is 0 Å². The van der Waals surface area contributed by atoms with Crippen LogP contribution >= 0.6 is 0 Å². The largest absolute Gasteiger partial charge is 0.463 e. The summed E-state index contributed by atoms with van der Waals surface area (Å²) in [6.45, 7) is 7.50. The summed E-state index contributed by atoms with van der Waals surface area (Å²) in [5.41, 5.74) is 1.46. The van der Waals surface area contributed by atoms with Crippen molar-refractivity contribution in [3.05, 3.63) is 104 Å². The molecule has 3 aromatic rings. The minimum Gasteiger partial charge on any atom is -0.463 e. The number of ether oxygens (including phenoxy) is 2. The molecule has 0 unspecified atom stereocenters. The van der Waals surface area contributed by atoms with Crippen LogP contribution in [0.4, 0.5) is 5.69 Å². The highest BCUT2D eigenvalue weighted by Crippen LogP contribution is 2.20. The summed E-state index contributed by atoms with van der Waals surface area (Å²) >= 11 is 0. The monoisotopic (exact) mass is 629 g/mol. The van der Waals surface area contributed by atoms with Crippen molar-refractivity contribution in [1.29, 1.82) is 0 Å². The highest BCUT2D eigenvalue weighted by atomic mass is 16.5. The first-order valence-corrected chi connectivity index (χ1v) is 15.3. The van der Waals surface area contributed by atoms with Crippen molar-refractivity contribution in [1.82, 2.24) is 10.6 Å². The summed E-state index contributed by atoms with van der Waals surface area (Å²) < 4.78 is 10.8. The number of allylic oxidation sites excluding steroid dienone is 2. The maximum Gasteiger partial charge on any atom is 0.309 e. The first-order valence-electron chi connectivity index (χ1n) is 15.3. The van der Waals surface area contributed by atoms with Crippen molar-refractivity contribution in [2.24, 2.45) is 11.8 Å². The predicted octanol–water partition coefficient (Wildman–Crippen LogP) is 3.95. The Bertz CT molecular complexity index is 1460. The van der Waals surface area contributed by atoms with E-state index >= 15 is 0 Å². The van der Waals surface area contributed by atoms with Gasteiger partial charge in [0.1, 0.15) is 12.6 Å². The van der Waals surface area contributed by atoms with Gasteiger partial charge in [-0.25, -0.2) is 0 Å². The number of nitrogens with one attached hydrogen (secondary N) is 3. The third-order valence-corrected chi connectivity index (χ3v) is 7.21. The van der Waals surface area contributed by atoms with Crippen LogP contribution in [0.3, 0.4) is 0 Å². The Morgan fingerprint density at radius 2 is 1.52 bits per heavy atom. The number of esters is 1. The van der Waals surface area contributed by atoms with Crippen molar-refractivity contribution in [3.63, 3.8) is 0 Å². The Morgan fingerprint density at radius 3 is 2.24 bits per heavy atom. The van der Waals surface area contributed by atoms with Gasteiger partial charge in [-0.1, -0.05) is 72.8 Å². The predicted molar refractivity (Wildman–Crippen MR) is 178 cm³/mol. The van der Waals surface area contributed by atoms with Crippen molar-refractivity contribution in [3.8, 4) is 0 Å². The summed E-state index contributed by atoms with van der Waals surface area (Å²) in [6.07, 6.45) is 3.98. The molecule has 3 atom stereocenters. The molecule has 0 aliphatic rings. The normalized spacial score (nSPS) is 12.7. The Hall–Kier alpha value is -4.80. The number of fused-ring (bicyclic) bond motifs is 1. The topological polar surface area (TPSA) is 143 Å². The molecule has 0 aliphatic heterocycles. The lowest BCUT2D eigenvalue weighted by Crippen LogP contribution is -2.49. The highest BCUT2D eigenvalue weighted by Gasteiger charge is 2.29. The number of aliphatic hydroxyl groups excluding tert-OH is 1. The fourth-order valence-corrected chi connectivity index (χ4v) is 4.82. The molecule has 0 aliphatic carbocycles. The van der Waals surface area contributed by atoms with Gasteiger partial charge in [0.05, 0.1) is 31.7 Å². The Labute approximate surface area is 269 Å². The number of amides is 3. The van der Waals surface area contributed by atoms with Crippen LogP contribution in [0.25, 0.3) is 10.8 Å². The molecule has 0 heterocycles. The second-order valence-electron chi connectivity index (χ2n) is 10.8. The lowest BCUT2D eigenvalue weighted by atomic mass is 9.96. The van der Waals surface area contributed by atoms with Gasteiger partial charge in [-0.2, -0.15) is 0 Å². The van der Waals surface area contributed by atoms with Gasteiger partial charge < -0.3 is 30.5 Å². The summed E-state index contributed by atoms with van der Waals surface area (Å²) in [5.74, 6) is -3.40. The van der Waals surface area contributed by atoms with Crippen LogP contribution in [0.2, 0.25) is 0 Å². The first kappa shape index (κ1) is 35.7. The molecule has 3 aromatic carbocycles. The summed E-state index contributed by atoms with van der Waals surface area (Å²) in [7, 11) is 0. The van der Waals surface area contributed by atoms with Gasteiger partial charge in [-0.3, -0.25) is 19.2 Å². The number of carbonyl (C=O) groups excluding carboxylic acids is 4. The third kappa shape index (κ3) is 11.9. The molecule has 4 N–H and O–H groups in total. The first-order chi connectivity index (χ1) is 22.3. The van der Waals surface area contributed by atoms with Gasteiger partial charge >= 0.3 is 5.97 Å². The van der Waals surface area contributed by atoms with E-state index in [0.29, 0.717) is 18.5 Å².